The van der Waals surface area contributed by atoms with Gasteiger partial charge in [-0.05, 0) is 50.8 Å². The molecule has 1 aliphatic heterocycles. The Morgan fingerprint density at radius 2 is 2.05 bits per heavy atom. The highest BCUT2D eigenvalue weighted by atomic mass is 32.1. The summed E-state index contributed by atoms with van der Waals surface area (Å²) in [6.07, 6.45) is 2.34. The number of benzene rings is 1. The smallest absolute Gasteiger partial charge is 0.266 e. The Morgan fingerprint density at radius 1 is 1.25 bits per heavy atom. The summed E-state index contributed by atoms with van der Waals surface area (Å²) in [5, 5.41) is 11.6. The van der Waals surface area contributed by atoms with Crippen LogP contribution >= 0.6 is 11.3 Å². The summed E-state index contributed by atoms with van der Waals surface area (Å²) in [7, 11) is 3.56. The normalized spacial score (nSPS) is 16.7. The molecule has 2 atom stereocenters. The van der Waals surface area contributed by atoms with Crippen LogP contribution in [0.25, 0.3) is 11.6 Å². The molecule has 4 aromatic rings. The molecule has 11 heteroatoms. The van der Waals surface area contributed by atoms with E-state index in [2.05, 4.69) is 15.2 Å². The minimum absolute atomic E-state index is 0.0385. The first-order chi connectivity index (χ1) is 19.2. The number of likely N-dealkylation sites (tertiary alicyclic amines) is 1. The number of anilines is 1. The van der Waals surface area contributed by atoms with Gasteiger partial charge in [0.2, 0.25) is 5.89 Å². The van der Waals surface area contributed by atoms with Crippen molar-refractivity contribution < 1.29 is 13.9 Å². The first-order valence-electron chi connectivity index (χ1n) is 13.4. The van der Waals surface area contributed by atoms with Crippen molar-refractivity contribution in [2.75, 3.05) is 38.8 Å². The summed E-state index contributed by atoms with van der Waals surface area (Å²) in [4.78, 5) is 27.2. The molecule has 3 aromatic heterocycles. The number of thiazole rings is 1. The van der Waals surface area contributed by atoms with Crippen LogP contribution in [-0.4, -0.2) is 64.8 Å². The molecule has 0 spiro atoms. The van der Waals surface area contributed by atoms with Crippen LogP contribution in [0.4, 0.5) is 5.82 Å². The molecule has 10 nitrogen and oxygen atoms in total. The molecule has 0 radical (unpaired) electrons. The third kappa shape index (κ3) is 6.06. The lowest BCUT2D eigenvalue weighted by atomic mass is 9.94. The molecule has 0 aliphatic carbocycles. The number of methoxy groups -OCH3 is 1. The summed E-state index contributed by atoms with van der Waals surface area (Å²) in [5.74, 6) is 1.05. The number of aryl methyl sites for hydroxylation is 1. The van der Waals surface area contributed by atoms with Crippen molar-refractivity contribution in [1.82, 2.24) is 25.1 Å². The Morgan fingerprint density at radius 3 is 2.77 bits per heavy atom. The molecule has 210 valence electrons. The molecule has 4 heterocycles. The average molecular weight is 562 g/mol. The van der Waals surface area contributed by atoms with Crippen molar-refractivity contribution in [3.8, 4) is 11.6 Å². The molecular formula is C29H35N7O3S. The quantitative estimate of drug-likeness (QED) is 0.300. The van der Waals surface area contributed by atoms with E-state index in [0.29, 0.717) is 49.1 Å². The molecule has 5 rings (SSSR count). The first kappa shape index (κ1) is 27.9. The molecule has 1 saturated heterocycles. The predicted octanol–water partition coefficient (Wildman–Crippen LogP) is 4.37. The zero-order chi connectivity index (χ0) is 28.3. The molecule has 0 bridgehead atoms. The van der Waals surface area contributed by atoms with Gasteiger partial charge in [-0.1, -0.05) is 30.3 Å². The lowest BCUT2D eigenvalue weighted by Gasteiger charge is -2.24. The molecule has 2 N–H and O–H groups in total. The number of nitrogens with zero attached hydrogens (tertiary/aromatic N) is 6. The lowest BCUT2D eigenvalue weighted by Crippen LogP contribution is -2.35. The van der Waals surface area contributed by atoms with Gasteiger partial charge < -0.3 is 24.7 Å². The van der Waals surface area contributed by atoms with Gasteiger partial charge in [0.15, 0.2) is 0 Å². The highest BCUT2D eigenvalue weighted by Gasteiger charge is 2.34. The fourth-order valence-electron chi connectivity index (χ4n) is 4.90. The van der Waals surface area contributed by atoms with Gasteiger partial charge in [0, 0.05) is 43.9 Å². The standard InChI is InChI=1S/C29H35N7O3S/c1-19-18-40-26(31-19)23-11-8-12-36(23)27(37)21-15-22(32-24(16-21)35(3)13-14-38-4)25-33-34-28(39-25)29(2,30)17-20-9-6-5-7-10-20/h5-7,9-10,15-16,18,23H,8,11-14,17,30H2,1-4H3/t23-,29+/m1/s1. The van der Waals surface area contributed by atoms with Crippen LogP contribution in [0.3, 0.4) is 0 Å². The maximum atomic E-state index is 13.9. The first-order valence-corrected chi connectivity index (χ1v) is 14.3. The van der Waals surface area contributed by atoms with E-state index in [9.17, 15) is 4.79 Å². The minimum atomic E-state index is -0.882. The Kier molecular flexibility index (Phi) is 8.24. The Labute approximate surface area is 238 Å². The number of carbonyl (C=O) groups excluding carboxylic acids is 1. The number of hydrogen-bond acceptors (Lipinski definition) is 10. The van der Waals surface area contributed by atoms with Gasteiger partial charge >= 0.3 is 0 Å². The van der Waals surface area contributed by atoms with E-state index in [-0.39, 0.29) is 17.8 Å². The number of amides is 1. The highest BCUT2D eigenvalue weighted by molar-refractivity contribution is 7.09. The minimum Gasteiger partial charge on any atom is -0.417 e. The van der Waals surface area contributed by atoms with E-state index in [1.165, 1.54) is 0 Å². The monoisotopic (exact) mass is 561 g/mol. The van der Waals surface area contributed by atoms with Crippen molar-refractivity contribution in [3.05, 3.63) is 75.6 Å². The summed E-state index contributed by atoms with van der Waals surface area (Å²) in [6.45, 7) is 5.62. The van der Waals surface area contributed by atoms with Crippen molar-refractivity contribution in [3.63, 3.8) is 0 Å². The van der Waals surface area contributed by atoms with Crippen LogP contribution in [0, 0.1) is 6.92 Å². The summed E-state index contributed by atoms with van der Waals surface area (Å²) in [5.41, 5.74) is 8.70. The SMILES string of the molecule is COCCN(C)c1cc(C(=O)N2CCC[C@@H]2c2nc(C)cs2)cc(-c2nnc([C@@](C)(N)Cc3ccccc3)o2)n1. The molecule has 1 aliphatic rings. The number of carbonyl (C=O) groups is 1. The van der Waals surface area contributed by atoms with Crippen LogP contribution in [0.15, 0.2) is 52.3 Å². The topological polar surface area (TPSA) is 124 Å². The van der Waals surface area contributed by atoms with Gasteiger partial charge in [0.25, 0.3) is 11.8 Å². The molecule has 0 unspecified atom stereocenters. The van der Waals surface area contributed by atoms with Crippen molar-refractivity contribution in [2.24, 2.45) is 5.73 Å². The van der Waals surface area contributed by atoms with Gasteiger partial charge in [-0.25, -0.2) is 9.97 Å². The Bertz CT molecular complexity index is 1450. The van der Waals surface area contributed by atoms with Gasteiger partial charge in [-0.2, -0.15) is 0 Å². The summed E-state index contributed by atoms with van der Waals surface area (Å²) >= 11 is 1.60. The summed E-state index contributed by atoms with van der Waals surface area (Å²) in [6, 6.07) is 13.4. The predicted molar refractivity (Wildman–Crippen MR) is 154 cm³/mol. The zero-order valence-corrected chi connectivity index (χ0v) is 24.1. The molecular weight excluding hydrogens is 526 g/mol. The van der Waals surface area contributed by atoms with E-state index < -0.39 is 5.54 Å². The van der Waals surface area contributed by atoms with Gasteiger partial charge in [-0.3, -0.25) is 4.79 Å². The Balaban J connectivity index is 1.47. The third-order valence-electron chi connectivity index (χ3n) is 7.06. The van der Waals surface area contributed by atoms with Crippen molar-refractivity contribution >= 4 is 23.1 Å². The number of ether oxygens (including phenoxy) is 1. The molecule has 0 saturated carbocycles. The van der Waals surface area contributed by atoms with Crippen LogP contribution in [0.5, 0.6) is 0 Å². The van der Waals surface area contributed by atoms with Crippen molar-refractivity contribution in [2.45, 2.75) is 44.7 Å². The van der Waals surface area contributed by atoms with Crippen LogP contribution in [0.2, 0.25) is 0 Å². The second-order valence-electron chi connectivity index (χ2n) is 10.5. The molecule has 1 amide bonds. The van der Waals surface area contributed by atoms with Crippen LogP contribution in [0.1, 0.15) is 58.3 Å². The second kappa shape index (κ2) is 11.8. The number of rotatable bonds is 10. The van der Waals surface area contributed by atoms with Crippen LogP contribution < -0.4 is 10.6 Å². The largest absolute Gasteiger partial charge is 0.417 e. The summed E-state index contributed by atoms with van der Waals surface area (Å²) < 4.78 is 11.3. The third-order valence-corrected chi connectivity index (χ3v) is 8.13. The van der Waals surface area contributed by atoms with E-state index in [1.807, 2.05) is 72.5 Å². The number of hydrogen-bond donors (Lipinski definition) is 1. The van der Waals surface area contributed by atoms with E-state index >= 15 is 0 Å². The van der Waals surface area contributed by atoms with Crippen LogP contribution in [-0.2, 0) is 16.7 Å². The average Bonchev–Trinajstić information content (AvgIpc) is 3.72. The number of nitrogens with two attached hydrogens (primary N) is 1. The van der Waals surface area contributed by atoms with Crippen molar-refractivity contribution in [1.29, 1.82) is 0 Å². The number of pyridine rings is 1. The fraction of sp³-hybridized carbons (Fsp3) is 0.414. The number of aromatic nitrogens is 4. The maximum Gasteiger partial charge on any atom is 0.266 e. The van der Waals surface area contributed by atoms with Gasteiger partial charge in [-0.15, -0.1) is 21.5 Å². The Hall–Kier alpha value is -3.67. The van der Waals surface area contributed by atoms with Gasteiger partial charge in [0.1, 0.15) is 16.5 Å². The zero-order valence-electron chi connectivity index (χ0n) is 23.3. The van der Waals surface area contributed by atoms with Gasteiger partial charge in [0.05, 0.1) is 18.2 Å². The lowest BCUT2D eigenvalue weighted by molar-refractivity contribution is 0.0735. The van der Waals surface area contributed by atoms with E-state index in [0.717, 1.165) is 29.1 Å². The van der Waals surface area contributed by atoms with E-state index in [1.54, 1.807) is 24.5 Å². The fourth-order valence-corrected chi connectivity index (χ4v) is 5.84. The van der Waals surface area contributed by atoms with E-state index in [4.69, 9.17) is 19.9 Å². The maximum absolute atomic E-state index is 13.9. The highest BCUT2D eigenvalue weighted by Crippen LogP contribution is 2.36. The number of likely N-dealkylation sites (N-methyl/N-ethyl adjacent to an activating group) is 1. The molecule has 40 heavy (non-hydrogen) atoms. The molecule has 1 aromatic carbocycles. The second-order valence-corrected chi connectivity index (χ2v) is 11.4. The molecule has 1 fully saturated rings.